The molecule has 1 saturated heterocycles. The normalized spacial score (nSPS) is 15.8. The van der Waals surface area contributed by atoms with Crippen LogP contribution in [0.5, 0.6) is 0 Å². The Morgan fingerprint density at radius 3 is 2.60 bits per heavy atom. The number of benzene rings is 2. The van der Waals surface area contributed by atoms with E-state index in [9.17, 15) is 22.8 Å². The predicted molar refractivity (Wildman–Crippen MR) is 153 cm³/mol. The quantitative estimate of drug-likeness (QED) is 0.222. The Bertz CT molecular complexity index is 1400. The molecule has 1 aliphatic rings. The van der Waals surface area contributed by atoms with Gasteiger partial charge in [0.05, 0.1) is 24.2 Å². The Kier molecular flexibility index (Phi) is 9.61. The summed E-state index contributed by atoms with van der Waals surface area (Å²) < 4.78 is 46.7. The number of hydrogen-bond acceptors (Lipinski definition) is 5. The monoisotopic (exact) mass is 639 g/mol. The van der Waals surface area contributed by atoms with E-state index >= 15 is 0 Å². The van der Waals surface area contributed by atoms with E-state index in [0.29, 0.717) is 39.3 Å². The smallest absolute Gasteiger partial charge is 0.308 e. The molecule has 2 heterocycles. The van der Waals surface area contributed by atoms with Crippen LogP contribution in [0, 0.1) is 6.92 Å². The van der Waals surface area contributed by atoms with Crippen molar-refractivity contribution in [1.29, 1.82) is 0 Å². The van der Waals surface area contributed by atoms with E-state index in [0.717, 1.165) is 10.0 Å². The lowest BCUT2D eigenvalue weighted by Crippen LogP contribution is -2.57. The minimum absolute atomic E-state index is 0.0621. The van der Waals surface area contributed by atoms with Gasteiger partial charge in [-0.25, -0.2) is 18.2 Å². The molecule has 3 aromatic rings. The fraction of sp³-hybridized carbons (Fsp3) is 0.414. The number of hydrogen-bond donors (Lipinski definition) is 1. The number of rotatable bonds is 11. The summed E-state index contributed by atoms with van der Waals surface area (Å²) in [6, 6.07) is 12.4. The number of carbonyl (C=O) groups is 2. The average Bonchev–Trinajstić information content (AvgIpc) is 2.87. The molecule has 40 heavy (non-hydrogen) atoms. The third-order valence-corrected chi connectivity index (χ3v) is 7.70. The summed E-state index contributed by atoms with van der Waals surface area (Å²) in [5.41, 5.74) is 2.04. The zero-order valence-corrected chi connectivity index (χ0v) is 24.5. The first-order valence-corrected chi connectivity index (χ1v) is 14.2. The van der Waals surface area contributed by atoms with Gasteiger partial charge in [0, 0.05) is 45.7 Å². The van der Waals surface area contributed by atoms with Crippen LogP contribution in [0.1, 0.15) is 60.0 Å². The summed E-state index contributed by atoms with van der Waals surface area (Å²) in [4.78, 5) is 32.0. The SMILES string of the molecule is CCCC(F)OC(=O)CCC(CNC(=O)c1c(C)c(N2CC(F)(F)C2)nc2ccc(Br)cc12)c1ccccc1Cl. The second-order valence-electron chi connectivity index (χ2n) is 9.96. The molecule has 0 radical (unpaired) electrons. The number of alkyl halides is 3. The number of pyridine rings is 1. The van der Waals surface area contributed by atoms with Crippen molar-refractivity contribution in [1.82, 2.24) is 10.3 Å². The van der Waals surface area contributed by atoms with Crippen LogP contribution in [0.3, 0.4) is 0 Å². The van der Waals surface area contributed by atoms with Gasteiger partial charge in [0.25, 0.3) is 11.8 Å². The maximum atomic E-state index is 13.8. The largest absolute Gasteiger partial charge is 0.431 e. The maximum Gasteiger partial charge on any atom is 0.308 e. The maximum absolute atomic E-state index is 13.8. The zero-order valence-electron chi connectivity index (χ0n) is 22.2. The van der Waals surface area contributed by atoms with E-state index in [1.807, 2.05) is 6.07 Å². The topological polar surface area (TPSA) is 71.5 Å². The van der Waals surface area contributed by atoms with Crippen molar-refractivity contribution in [2.45, 2.75) is 57.7 Å². The number of halogens is 5. The summed E-state index contributed by atoms with van der Waals surface area (Å²) in [5, 5.41) is 3.99. The van der Waals surface area contributed by atoms with Gasteiger partial charge in [-0.3, -0.25) is 9.59 Å². The molecule has 0 spiro atoms. The summed E-state index contributed by atoms with van der Waals surface area (Å²) in [6.45, 7) is 2.68. The van der Waals surface area contributed by atoms with E-state index in [1.54, 1.807) is 50.2 Å². The lowest BCUT2D eigenvalue weighted by atomic mass is 9.93. The molecule has 0 saturated carbocycles. The predicted octanol–water partition coefficient (Wildman–Crippen LogP) is 7.35. The summed E-state index contributed by atoms with van der Waals surface area (Å²) in [5.74, 6) is -3.91. The molecule has 1 aromatic heterocycles. The van der Waals surface area contributed by atoms with E-state index < -0.39 is 37.2 Å². The number of aromatic nitrogens is 1. The number of nitrogens with one attached hydrogen (secondary N) is 1. The van der Waals surface area contributed by atoms with Crippen LogP contribution in [-0.2, 0) is 9.53 Å². The van der Waals surface area contributed by atoms with Crippen LogP contribution in [0.2, 0.25) is 5.02 Å². The molecule has 6 nitrogen and oxygen atoms in total. The first-order chi connectivity index (χ1) is 19.0. The molecule has 2 unspecified atom stereocenters. The third-order valence-electron chi connectivity index (χ3n) is 6.86. The van der Waals surface area contributed by atoms with Crippen molar-refractivity contribution >= 4 is 56.1 Å². The lowest BCUT2D eigenvalue weighted by molar-refractivity contribution is -0.158. The van der Waals surface area contributed by atoms with Gasteiger partial charge >= 0.3 is 5.97 Å². The first-order valence-electron chi connectivity index (χ1n) is 13.1. The number of fused-ring (bicyclic) bond motifs is 1. The van der Waals surface area contributed by atoms with Gasteiger partial charge in [-0.2, -0.15) is 0 Å². The van der Waals surface area contributed by atoms with Crippen molar-refractivity contribution in [3.8, 4) is 0 Å². The molecule has 1 aliphatic heterocycles. The molecule has 1 fully saturated rings. The first kappa shape index (κ1) is 30.1. The second kappa shape index (κ2) is 12.8. The van der Waals surface area contributed by atoms with Gasteiger partial charge in [0.2, 0.25) is 6.36 Å². The van der Waals surface area contributed by atoms with Crippen molar-refractivity contribution in [3.05, 3.63) is 68.7 Å². The van der Waals surface area contributed by atoms with Crippen LogP contribution in [0.25, 0.3) is 10.9 Å². The number of esters is 1. The molecule has 1 amide bonds. The molecule has 214 valence electrons. The summed E-state index contributed by atoms with van der Waals surface area (Å²) in [7, 11) is 0. The highest BCUT2D eigenvalue weighted by molar-refractivity contribution is 9.10. The lowest BCUT2D eigenvalue weighted by Gasteiger charge is -2.40. The zero-order chi connectivity index (χ0) is 29.0. The third kappa shape index (κ3) is 7.07. The number of carbonyl (C=O) groups excluding carboxylic acids is 2. The number of anilines is 1. The fourth-order valence-electron chi connectivity index (χ4n) is 4.84. The van der Waals surface area contributed by atoms with E-state index in [4.69, 9.17) is 16.3 Å². The molecule has 4 rings (SSSR count). The van der Waals surface area contributed by atoms with E-state index in [2.05, 4.69) is 26.2 Å². The van der Waals surface area contributed by atoms with Gasteiger partial charge in [0.1, 0.15) is 5.82 Å². The number of amides is 1. The van der Waals surface area contributed by atoms with Crippen LogP contribution < -0.4 is 10.2 Å². The average molecular weight is 641 g/mol. The van der Waals surface area contributed by atoms with Gasteiger partial charge < -0.3 is 15.0 Å². The van der Waals surface area contributed by atoms with Crippen LogP contribution >= 0.6 is 27.5 Å². The highest BCUT2D eigenvalue weighted by Gasteiger charge is 2.45. The van der Waals surface area contributed by atoms with Crippen molar-refractivity contribution in [2.75, 3.05) is 24.5 Å². The second-order valence-corrected chi connectivity index (χ2v) is 11.3. The Morgan fingerprint density at radius 1 is 1.20 bits per heavy atom. The molecule has 2 atom stereocenters. The molecule has 0 aliphatic carbocycles. The molecule has 1 N–H and O–H groups in total. The summed E-state index contributed by atoms with van der Waals surface area (Å²) in [6.07, 6.45) is -0.782. The van der Waals surface area contributed by atoms with Crippen molar-refractivity contribution in [3.63, 3.8) is 0 Å². The van der Waals surface area contributed by atoms with Crippen LogP contribution in [-0.4, -0.2) is 48.8 Å². The summed E-state index contributed by atoms with van der Waals surface area (Å²) >= 11 is 9.88. The van der Waals surface area contributed by atoms with Gasteiger partial charge in [-0.05, 0) is 49.6 Å². The number of ether oxygens (including phenoxy) is 1. The fourth-order valence-corrected chi connectivity index (χ4v) is 5.49. The molecule has 11 heteroatoms. The van der Waals surface area contributed by atoms with Crippen molar-refractivity contribution < 1.29 is 27.5 Å². The van der Waals surface area contributed by atoms with E-state index in [-0.39, 0.29) is 31.7 Å². The minimum Gasteiger partial charge on any atom is -0.431 e. The van der Waals surface area contributed by atoms with Crippen LogP contribution in [0.4, 0.5) is 19.0 Å². The van der Waals surface area contributed by atoms with Crippen LogP contribution in [0.15, 0.2) is 46.9 Å². The molecule has 0 bridgehead atoms. The van der Waals surface area contributed by atoms with Gasteiger partial charge in [0.15, 0.2) is 0 Å². The van der Waals surface area contributed by atoms with E-state index in [1.165, 1.54) is 4.90 Å². The standard InChI is InChI=1S/C29H30BrClF3N3O3/c1-3-6-24(32)40-25(38)12-9-18(20-7-4-5-8-22(20)31)14-35-28(39)26-17(2)27(37-15-29(33,34)16-37)36-23-11-10-19(30)13-21(23)26/h4-5,7-8,10-11,13,18,24H,3,6,9,12,14-16H2,1-2H3,(H,35,39). The molecular formula is C29H30BrClF3N3O3. The minimum atomic E-state index is -2.80. The highest BCUT2D eigenvalue weighted by Crippen LogP contribution is 2.36. The Labute approximate surface area is 244 Å². The Morgan fingerprint density at radius 2 is 1.93 bits per heavy atom. The highest BCUT2D eigenvalue weighted by atomic mass is 79.9. The molecular weight excluding hydrogens is 611 g/mol. The van der Waals surface area contributed by atoms with Gasteiger partial charge in [-0.15, -0.1) is 0 Å². The Balaban J connectivity index is 1.58. The number of nitrogens with zero attached hydrogens (tertiary/aromatic N) is 2. The van der Waals surface area contributed by atoms with Gasteiger partial charge in [-0.1, -0.05) is 52.7 Å². The molecule has 2 aromatic carbocycles. The van der Waals surface area contributed by atoms with Crippen molar-refractivity contribution in [2.24, 2.45) is 0 Å². The Hall–Kier alpha value is -2.85.